The quantitative estimate of drug-likeness (QED) is 0.0200. The number of ether oxygens (including phenoxy) is 3. The van der Waals surface area contributed by atoms with Gasteiger partial charge in [0.05, 0.1) is 0 Å². The molecule has 0 aromatic heterocycles. The van der Waals surface area contributed by atoms with E-state index in [0.717, 1.165) is 122 Å². The molecule has 0 radical (unpaired) electrons. The zero-order chi connectivity index (χ0) is 47.2. The van der Waals surface area contributed by atoms with Crippen molar-refractivity contribution < 1.29 is 28.6 Å². The normalized spacial score (nSPS) is 13.5. The van der Waals surface area contributed by atoms with Crippen LogP contribution in [0.25, 0.3) is 0 Å². The fourth-order valence-corrected chi connectivity index (χ4v) is 6.07. The monoisotopic (exact) mass is 893 g/mol. The fourth-order valence-electron chi connectivity index (χ4n) is 6.07. The molecule has 0 spiro atoms. The summed E-state index contributed by atoms with van der Waals surface area (Å²) in [5.41, 5.74) is 0. The summed E-state index contributed by atoms with van der Waals surface area (Å²) in [6, 6.07) is 0. The summed E-state index contributed by atoms with van der Waals surface area (Å²) >= 11 is 0. The molecule has 0 aromatic rings. The van der Waals surface area contributed by atoms with Crippen molar-refractivity contribution in [2.24, 2.45) is 0 Å². The van der Waals surface area contributed by atoms with Crippen molar-refractivity contribution in [3.05, 3.63) is 158 Å². The Labute approximate surface area is 397 Å². The highest BCUT2D eigenvalue weighted by Crippen LogP contribution is 2.12. The molecule has 360 valence electrons. The molecule has 0 amide bonds. The first-order valence-electron chi connectivity index (χ1n) is 25.1. The zero-order valence-electron chi connectivity index (χ0n) is 40.9. The molecule has 0 aliphatic carbocycles. The number of carbonyl (C=O) groups excluding carboxylic acids is 3. The highest BCUT2D eigenvalue weighted by atomic mass is 16.6. The summed E-state index contributed by atoms with van der Waals surface area (Å²) in [5, 5.41) is 0. The van der Waals surface area contributed by atoms with Gasteiger partial charge in [0.25, 0.3) is 0 Å². The predicted molar refractivity (Wildman–Crippen MR) is 278 cm³/mol. The minimum absolute atomic E-state index is 0.121. The molecule has 0 heterocycles. The largest absolute Gasteiger partial charge is 0.462 e. The summed E-state index contributed by atoms with van der Waals surface area (Å²) in [6.07, 6.45) is 75.0. The smallest absolute Gasteiger partial charge is 0.306 e. The lowest BCUT2D eigenvalue weighted by Gasteiger charge is -2.18. The Bertz CT molecular complexity index is 1540. The minimum Gasteiger partial charge on any atom is -0.462 e. The van der Waals surface area contributed by atoms with Gasteiger partial charge in [-0.2, -0.15) is 0 Å². The minimum atomic E-state index is -0.826. The van der Waals surface area contributed by atoms with Crippen molar-refractivity contribution in [2.75, 3.05) is 13.2 Å². The van der Waals surface area contributed by atoms with Crippen molar-refractivity contribution in [2.45, 2.75) is 181 Å². The van der Waals surface area contributed by atoms with Crippen LogP contribution in [0.1, 0.15) is 175 Å². The maximum atomic E-state index is 12.8. The molecule has 0 bridgehead atoms. The van der Waals surface area contributed by atoms with Crippen LogP contribution in [0.3, 0.4) is 0 Å². The van der Waals surface area contributed by atoms with E-state index in [1.807, 2.05) is 97.2 Å². The van der Waals surface area contributed by atoms with Crippen LogP contribution in [0.4, 0.5) is 0 Å². The van der Waals surface area contributed by atoms with E-state index in [-0.39, 0.29) is 37.5 Å². The number of hydrogen-bond donors (Lipinski definition) is 0. The average Bonchev–Trinajstić information content (AvgIpc) is 3.30. The van der Waals surface area contributed by atoms with Gasteiger partial charge in [-0.3, -0.25) is 14.4 Å². The third-order valence-electron chi connectivity index (χ3n) is 9.77. The molecule has 1 unspecified atom stereocenters. The molecule has 6 heteroatoms. The zero-order valence-corrected chi connectivity index (χ0v) is 40.9. The summed E-state index contributed by atoms with van der Waals surface area (Å²) < 4.78 is 16.7. The van der Waals surface area contributed by atoms with Gasteiger partial charge in [0.2, 0.25) is 0 Å². The van der Waals surface area contributed by atoms with Crippen molar-refractivity contribution >= 4 is 17.9 Å². The van der Waals surface area contributed by atoms with E-state index in [4.69, 9.17) is 14.2 Å². The molecule has 0 saturated carbocycles. The highest BCUT2D eigenvalue weighted by molar-refractivity contribution is 5.71. The standard InChI is InChI=1S/C59H88O6/c1-4-7-10-13-16-19-22-25-27-29-31-32-34-37-40-43-46-49-52-58(61)64-55-56(54-63-57(60)51-48-45-42-39-36-24-21-18-15-12-9-6-3)65-59(62)53-50-47-44-41-38-35-33-30-28-26-23-20-17-14-11-8-5-2/h8-14,16-23,25-33,35,38,56H,4-7,15,24,34,36-37,39-55H2,1-3H3/b11-8-,12-9-,13-10-,17-14-,19-16-,21-18-,23-20-,25-22-,28-26-,29-27-,32-31-,33-30+,38-35-. The Hall–Kier alpha value is -4.97. The van der Waals surface area contributed by atoms with Crippen LogP contribution < -0.4 is 0 Å². The van der Waals surface area contributed by atoms with Crippen LogP contribution in [0, 0.1) is 0 Å². The van der Waals surface area contributed by atoms with E-state index < -0.39 is 6.10 Å². The van der Waals surface area contributed by atoms with Gasteiger partial charge in [-0.05, 0) is 83.5 Å². The topological polar surface area (TPSA) is 78.9 Å². The SMILES string of the molecule is CC\C=C/C=C\C=C/C=C\C=C\C=C/CCCCCC(=O)OC(COC(=O)CCCCCCC\C=C/C=C\C=C/C=C\C=C/CCC)COC(=O)CCCCCCC/C=C\C/C=C\CC. The highest BCUT2D eigenvalue weighted by Gasteiger charge is 2.19. The number of rotatable bonds is 42. The number of allylic oxidation sites excluding steroid dienone is 26. The maximum absolute atomic E-state index is 12.8. The molecule has 0 saturated heterocycles. The van der Waals surface area contributed by atoms with Crippen molar-refractivity contribution in [1.82, 2.24) is 0 Å². The van der Waals surface area contributed by atoms with Gasteiger partial charge in [-0.1, -0.05) is 230 Å². The first-order chi connectivity index (χ1) is 32.0. The maximum Gasteiger partial charge on any atom is 0.306 e. The third kappa shape index (κ3) is 49.9. The molecule has 0 aliphatic heterocycles. The van der Waals surface area contributed by atoms with Gasteiger partial charge in [0, 0.05) is 19.3 Å². The number of carbonyl (C=O) groups is 3. The molecule has 0 rings (SSSR count). The number of unbranched alkanes of at least 4 members (excludes halogenated alkanes) is 14. The molecule has 0 aromatic carbocycles. The Morgan fingerprint density at radius 1 is 0.338 bits per heavy atom. The van der Waals surface area contributed by atoms with Gasteiger partial charge >= 0.3 is 17.9 Å². The van der Waals surface area contributed by atoms with Gasteiger partial charge in [0.1, 0.15) is 13.2 Å². The van der Waals surface area contributed by atoms with Crippen molar-refractivity contribution in [3.8, 4) is 0 Å². The molecule has 0 fully saturated rings. The third-order valence-corrected chi connectivity index (χ3v) is 9.77. The van der Waals surface area contributed by atoms with Crippen molar-refractivity contribution in [1.29, 1.82) is 0 Å². The fraction of sp³-hybridized carbons (Fsp3) is 0.508. The van der Waals surface area contributed by atoms with Gasteiger partial charge in [0.15, 0.2) is 6.10 Å². The van der Waals surface area contributed by atoms with E-state index in [1.165, 1.54) is 6.42 Å². The van der Waals surface area contributed by atoms with E-state index in [0.29, 0.717) is 19.3 Å². The van der Waals surface area contributed by atoms with Crippen molar-refractivity contribution in [3.63, 3.8) is 0 Å². The second-order valence-corrected chi connectivity index (χ2v) is 15.9. The molecular formula is C59H88O6. The molecule has 1 atom stereocenters. The van der Waals surface area contributed by atoms with E-state index in [1.54, 1.807) is 0 Å². The van der Waals surface area contributed by atoms with Crippen LogP contribution in [0.2, 0.25) is 0 Å². The first-order valence-corrected chi connectivity index (χ1v) is 25.1. The second kappa shape index (κ2) is 51.7. The number of esters is 3. The molecular weight excluding hydrogens is 805 g/mol. The van der Waals surface area contributed by atoms with E-state index >= 15 is 0 Å². The lowest BCUT2D eigenvalue weighted by Crippen LogP contribution is -2.30. The van der Waals surface area contributed by atoms with E-state index in [2.05, 4.69) is 81.5 Å². The lowest BCUT2D eigenvalue weighted by atomic mass is 10.1. The molecule has 6 nitrogen and oxygen atoms in total. The van der Waals surface area contributed by atoms with Gasteiger partial charge in [-0.25, -0.2) is 0 Å². The van der Waals surface area contributed by atoms with Crippen LogP contribution >= 0.6 is 0 Å². The summed E-state index contributed by atoms with van der Waals surface area (Å²) in [6.45, 7) is 6.19. The van der Waals surface area contributed by atoms with Crippen LogP contribution in [-0.2, 0) is 28.6 Å². The van der Waals surface area contributed by atoms with Gasteiger partial charge < -0.3 is 14.2 Å². The molecule has 65 heavy (non-hydrogen) atoms. The summed E-state index contributed by atoms with van der Waals surface area (Å²) in [4.78, 5) is 38.0. The summed E-state index contributed by atoms with van der Waals surface area (Å²) in [5.74, 6) is -1.02. The summed E-state index contributed by atoms with van der Waals surface area (Å²) in [7, 11) is 0. The van der Waals surface area contributed by atoms with Crippen LogP contribution in [0.15, 0.2) is 158 Å². The number of hydrogen-bond acceptors (Lipinski definition) is 6. The Balaban J connectivity index is 4.59. The van der Waals surface area contributed by atoms with Crippen LogP contribution in [0.5, 0.6) is 0 Å². The van der Waals surface area contributed by atoms with Gasteiger partial charge in [-0.15, -0.1) is 0 Å². The van der Waals surface area contributed by atoms with Crippen LogP contribution in [-0.4, -0.2) is 37.2 Å². The molecule has 0 N–H and O–H groups in total. The second-order valence-electron chi connectivity index (χ2n) is 15.9. The Morgan fingerprint density at radius 2 is 0.677 bits per heavy atom. The average molecular weight is 893 g/mol. The lowest BCUT2D eigenvalue weighted by molar-refractivity contribution is -0.167. The first kappa shape index (κ1) is 60.0. The molecule has 0 aliphatic rings. The Kier molecular flexibility index (Phi) is 47.7. The predicted octanol–water partition coefficient (Wildman–Crippen LogP) is 16.6. The Morgan fingerprint density at radius 3 is 1.12 bits per heavy atom. The van der Waals surface area contributed by atoms with E-state index in [9.17, 15) is 14.4 Å².